The molecule has 5 nitrogen and oxygen atoms in total. The van der Waals surface area contributed by atoms with Gasteiger partial charge in [0.2, 0.25) is 0 Å². The lowest BCUT2D eigenvalue weighted by Gasteiger charge is -2.18. The minimum atomic E-state index is -0.983. The molecule has 0 bridgehead atoms. The molecule has 0 spiro atoms. The van der Waals surface area contributed by atoms with Gasteiger partial charge >= 0.3 is 5.97 Å². The third-order valence-corrected chi connectivity index (χ3v) is 6.00. The van der Waals surface area contributed by atoms with Crippen molar-refractivity contribution in [3.05, 3.63) is 125 Å². The summed E-state index contributed by atoms with van der Waals surface area (Å²) in [5.74, 6) is -0.983. The Labute approximate surface area is 210 Å². The van der Waals surface area contributed by atoms with Gasteiger partial charge in [-0.1, -0.05) is 67.6 Å². The van der Waals surface area contributed by atoms with Crippen LogP contribution in [0, 0.1) is 5.41 Å². The van der Waals surface area contributed by atoms with Crippen LogP contribution in [0.4, 0.5) is 5.69 Å². The van der Waals surface area contributed by atoms with Gasteiger partial charge in [-0.3, -0.25) is 4.98 Å². The summed E-state index contributed by atoms with van der Waals surface area (Å²) in [6.07, 6.45) is 6.54. The number of allylic oxidation sites excluding steroid dienone is 1. The molecule has 0 aliphatic rings. The summed E-state index contributed by atoms with van der Waals surface area (Å²) in [4.78, 5) is 15.3. The minimum absolute atomic E-state index is 0.556. The highest BCUT2D eigenvalue weighted by atomic mass is 16.4. The van der Waals surface area contributed by atoms with Crippen LogP contribution in [0.3, 0.4) is 0 Å². The lowest BCUT2D eigenvalue weighted by molar-refractivity contribution is -0.131. The molecular weight excluding hydrogens is 446 g/mol. The monoisotopic (exact) mass is 473 g/mol. The Morgan fingerprint density at radius 3 is 2.25 bits per heavy atom. The second-order valence-electron chi connectivity index (χ2n) is 8.28. The van der Waals surface area contributed by atoms with Gasteiger partial charge in [0.1, 0.15) is 0 Å². The maximum atomic E-state index is 10.9. The maximum absolute atomic E-state index is 10.9. The predicted molar refractivity (Wildman–Crippen MR) is 148 cm³/mol. The molecule has 0 aliphatic heterocycles. The second-order valence-corrected chi connectivity index (χ2v) is 8.28. The van der Waals surface area contributed by atoms with Gasteiger partial charge in [-0.15, -0.1) is 0 Å². The smallest absolute Gasteiger partial charge is 0.328 e. The SMILES string of the molecule is CCC(=C(c1ccc(C=CC(=O)O)cc1)c1ccc(N)c(C=N)c1)c1ccc(-c2ccccn2)cc1. The van der Waals surface area contributed by atoms with Crippen LogP contribution >= 0.6 is 0 Å². The summed E-state index contributed by atoms with van der Waals surface area (Å²) in [6, 6.07) is 27.8. The number of nitrogens with two attached hydrogens (primary N) is 1. The van der Waals surface area contributed by atoms with Crippen molar-refractivity contribution in [2.24, 2.45) is 0 Å². The van der Waals surface area contributed by atoms with Gasteiger partial charge in [0.15, 0.2) is 0 Å². The number of carbonyl (C=O) groups is 1. The fourth-order valence-corrected chi connectivity index (χ4v) is 4.20. The number of benzene rings is 3. The first-order valence-electron chi connectivity index (χ1n) is 11.7. The van der Waals surface area contributed by atoms with Crippen LogP contribution in [-0.4, -0.2) is 22.3 Å². The molecule has 36 heavy (non-hydrogen) atoms. The van der Waals surface area contributed by atoms with E-state index in [1.54, 1.807) is 12.3 Å². The van der Waals surface area contributed by atoms with Gasteiger partial charge in [-0.25, -0.2) is 4.79 Å². The molecule has 178 valence electrons. The fraction of sp³-hybridized carbons (Fsp3) is 0.0645. The third kappa shape index (κ3) is 5.47. The van der Waals surface area contributed by atoms with Gasteiger partial charge < -0.3 is 16.2 Å². The minimum Gasteiger partial charge on any atom is -0.478 e. The van der Waals surface area contributed by atoms with E-state index < -0.39 is 5.97 Å². The Kier molecular flexibility index (Phi) is 7.51. The number of carboxylic acid groups (broad SMARTS) is 1. The van der Waals surface area contributed by atoms with Crippen molar-refractivity contribution in [3.63, 3.8) is 0 Å². The van der Waals surface area contributed by atoms with Crippen LogP contribution in [0.5, 0.6) is 0 Å². The van der Waals surface area contributed by atoms with Crippen molar-refractivity contribution in [3.8, 4) is 11.3 Å². The van der Waals surface area contributed by atoms with Crippen molar-refractivity contribution >= 4 is 35.1 Å². The number of nitrogen functional groups attached to an aromatic ring is 1. The zero-order valence-electron chi connectivity index (χ0n) is 20.0. The highest BCUT2D eigenvalue weighted by Crippen LogP contribution is 2.36. The zero-order chi connectivity index (χ0) is 25.5. The Balaban J connectivity index is 1.86. The van der Waals surface area contributed by atoms with Crippen LogP contribution in [0.1, 0.15) is 41.2 Å². The first-order chi connectivity index (χ1) is 17.5. The maximum Gasteiger partial charge on any atom is 0.328 e. The van der Waals surface area contributed by atoms with Crippen molar-refractivity contribution in [2.45, 2.75) is 13.3 Å². The summed E-state index contributed by atoms with van der Waals surface area (Å²) in [6.45, 7) is 2.13. The molecule has 0 radical (unpaired) electrons. The molecule has 5 heteroatoms. The number of rotatable bonds is 8. The molecule has 0 fully saturated rings. The van der Waals surface area contributed by atoms with E-state index in [-0.39, 0.29) is 0 Å². The summed E-state index contributed by atoms with van der Waals surface area (Å²) in [7, 11) is 0. The molecule has 0 atom stereocenters. The number of carboxylic acids is 1. The van der Waals surface area contributed by atoms with Crippen molar-refractivity contribution in [1.82, 2.24) is 4.98 Å². The van der Waals surface area contributed by atoms with E-state index >= 15 is 0 Å². The molecule has 4 aromatic rings. The highest BCUT2D eigenvalue weighted by molar-refractivity contribution is 6.00. The molecule has 3 aromatic carbocycles. The molecule has 0 amide bonds. The Morgan fingerprint density at radius 2 is 1.64 bits per heavy atom. The molecule has 4 rings (SSSR count). The van der Waals surface area contributed by atoms with Gasteiger partial charge in [-0.2, -0.15) is 0 Å². The molecular formula is C31H27N3O2. The average Bonchev–Trinajstić information content (AvgIpc) is 2.92. The molecule has 0 saturated heterocycles. The number of anilines is 1. The predicted octanol–water partition coefficient (Wildman–Crippen LogP) is 6.80. The third-order valence-electron chi connectivity index (χ3n) is 6.00. The average molecular weight is 474 g/mol. The lowest BCUT2D eigenvalue weighted by Crippen LogP contribution is -1.99. The van der Waals surface area contributed by atoms with Gasteiger partial charge in [-0.05, 0) is 70.2 Å². The van der Waals surface area contributed by atoms with E-state index in [0.717, 1.165) is 57.2 Å². The van der Waals surface area contributed by atoms with E-state index in [4.69, 9.17) is 16.2 Å². The van der Waals surface area contributed by atoms with Gasteiger partial charge in [0, 0.05) is 35.3 Å². The zero-order valence-corrected chi connectivity index (χ0v) is 20.0. The summed E-state index contributed by atoms with van der Waals surface area (Å²) < 4.78 is 0. The van der Waals surface area contributed by atoms with Crippen LogP contribution in [0.15, 0.2) is 97.2 Å². The lowest BCUT2D eigenvalue weighted by atomic mass is 9.87. The molecule has 0 unspecified atom stereocenters. The number of nitrogens with one attached hydrogen (secondary N) is 1. The normalized spacial score (nSPS) is 11.8. The molecule has 0 saturated carbocycles. The standard InChI is InChI=1S/C31H27N3O2/c1-2-27(22-11-13-23(14-12-22)29-5-3-4-18-34-29)31(25-15-16-28(33)26(19-25)20-32)24-9-6-21(7-10-24)8-17-30(35)36/h3-20,32H,2,33H2,1H3,(H,35,36). The topological polar surface area (TPSA) is 100 Å². The van der Waals surface area contributed by atoms with Gasteiger partial charge in [0.05, 0.1) is 5.69 Å². The quantitative estimate of drug-likeness (QED) is 0.113. The number of hydrogen-bond donors (Lipinski definition) is 3. The number of hydrogen-bond acceptors (Lipinski definition) is 4. The first-order valence-corrected chi connectivity index (χ1v) is 11.7. The molecule has 0 aliphatic carbocycles. The largest absolute Gasteiger partial charge is 0.478 e. The van der Waals surface area contributed by atoms with E-state index in [1.807, 2.05) is 60.7 Å². The van der Waals surface area contributed by atoms with E-state index in [0.29, 0.717) is 11.3 Å². The number of aromatic nitrogens is 1. The van der Waals surface area contributed by atoms with Crippen molar-refractivity contribution < 1.29 is 9.90 Å². The summed E-state index contributed by atoms with van der Waals surface area (Å²) in [5.41, 5.74) is 15.3. The van der Waals surface area contributed by atoms with Crippen molar-refractivity contribution in [2.75, 3.05) is 5.73 Å². The van der Waals surface area contributed by atoms with Crippen LogP contribution < -0.4 is 5.73 Å². The van der Waals surface area contributed by atoms with Crippen molar-refractivity contribution in [1.29, 1.82) is 5.41 Å². The second kappa shape index (κ2) is 11.1. The first kappa shape index (κ1) is 24.4. The van der Waals surface area contributed by atoms with Gasteiger partial charge in [0.25, 0.3) is 0 Å². The van der Waals surface area contributed by atoms with Crippen LogP contribution in [0.2, 0.25) is 0 Å². The Hall–Kier alpha value is -4.77. The van der Waals surface area contributed by atoms with Crippen LogP contribution in [0.25, 0.3) is 28.5 Å². The van der Waals surface area contributed by atoms with E-state index in [9.17, 15) is 4.79 Å². The molecule has 1 heterocycles. The fourth-order valence-electron chi connectivity index (χ4n) is 4.20. The van der Waals surface area contributed by atoms with Crippen LogP contribution in [-0.2, 0) is 4.79 Å². The Bertz CT molecular complexity index is 1440. The molecule has 4 N–H and O–H groups in total. The summed E-state index contributed by atoms with van der Waals surface area (Å²) >= 11 is 0. The number of aliphatic carboxylic acids is 1. The molecule has 1 aromatic heterocycles. The van der Waals surface area contributed by atoms with E-state index in [2.05, 4.69) is 36.2 Å². The number of nitrogens with zero attached hydrogens (tertiary/aromatic N) is 1. The highest BCUT2D eigenvalue weighted by Gasteiger charge is 2.15. The Morgan fingerprint density at radius 1 is 0.944 bits per heavy atom. The number of pyridine rings is 1. The summed E-state index contributed by atoms with van der Waals surface area (Å²) in [5, 5.41) is 16.7. The van der Waals surface area contributed by atoms with E-state index in [1.165, 1.54) is 6.21 Å².